The number of rotatable bonds is 6. The minimum absolute atomic E-state index is 0.0763. The molecule has 12 nitrogen and oxygen atoms in total. The van der Waals surface area contributed by atoms with E-state index < -0.39 is 12.3 Å². The molecular formula is C17H13N3O9. The Morgan fingerprint density at radius 3 is 2.31 bits per heavy atom. The molecule has 0 aliphatic heterocycles. The Hall–Kier alpha value is -4.48. The molecule has 3 rings (SSSR count). The summed E-state index contributed by atoms with van der Waals surface area (Å²) in [5.74, 6) is 0.513. The second-order valence-corrected chi connectivity index (χ2v) is 5.28. The summed E-state index contributed by atoms with van der Waals surface area (Å²) in [6, 6.07) is 7.16. The average molecular weight is 403 g/mol. The molecule has 29 heavy (non-hydrogen) atoms. The number of phenolic OH excluding ortho intramolecular Hbond substituents is 1. The molecule has 1 aromatic carbocycles. The number of carbonyl (C=O) groups is 2. The maximum atomic E-state index is 10.7. The minimum Gasteiger partial charge on any atom is -0.504 e. The predicted molar refractivity (Wildman–Crippen MR) is 95.0 cm³/mol. The number of hydrogen-bond donors (Lipinski definition) is 3. The van der Waals surface area contributed by atoms with Crippen LogP contribution in [0.25, 0.3) is 10.9 Å². The predicted octanol–water partition coefficient (Wildman–Crippen LogP) is 3.16. The fraction of sp³-hybridized carbons (Fsp3) is 0.0588. The monoisotopic (exact) mass is 403 g/mol. The smallest absolute Gasteiger partial charge is 0.504 e. The van der Waals surface area contributed by atoms with Crippen molar-refractivity contribution < 1.29 is 44.1 Å². The van der Waals surface area contributed by atoms with Crippen LogP contribution in [0.3, 0.4) is 0 Å². The molecule has 3 N–H and O–H groups in total. The highest BCUT2D eigenvalue weighted by Gasteiger charge is 2.19. The number of benzene rings is 1. The lowest BCUT2D eigenvalue weighted by atomic mass is 10.2. The van der Waals surface area contributed by atoms with Gasteiger partial charge in [-0.15, -0.1) is 0 Å². The van der Waals surface area contributed by atoms with Crippen LogP contribution >= 0.6 is 0 Å². The second kappa shape index (κ2) is 8.04. The van der Waals surface area contributed by atoms with Crippen molar-refractivity contribution in [1.82, 2.24) is 9.97 Å². The van der Waals surface area contributed by atoms with Gasteiger partial charge in [-0.1, -0.05) is 0 Å². The number of aromatic nitrogens is 2. The highest BCUT2D eigenvalue weighted by atomic mass is 17.0. The molecule has 0 aliphatic carbocycles. The molecule has 3 aromatic rings. The number of aromatic hydroxyl groups is 1. The fourth-order valence-electron chi connectivity index (χ4n) is 2.31. The summed E-state index contributed by atoms with van der Waals surface area (Å²) < 4.78 is 10.8. The molecule has 2 heterocycles. The summed E-state index contributed by atoms with van der Waals surface area (Å²) in [4.78, 5) is 37.7. The molecule has 0 unspecified atom stereocenters. The first-order chi connectivity index (χ1) is 13.9. The van der Waals surface area contributed by atoms with Gasteiger partial charge in [0.1, 0.15) is 11.5 Å². The molecule has 0 bridgehead atoms. The Balaban J connectivity index is 1.87. The minimum atomic E-state index is -1.80. The molecule has 2 aromatic heterocycles. The van der Waals surface area contributed by atoms with Crippen LogP contribution in [0.4, 0.5) is 15.4 Å². The van der Waals surface area contributed by atoms with Crippen LogP contribution < -0.4 is 14.7 Å². The first-order valence-corrected chi connectivity index (χ1v) is 7.79. The number of anilines is 1. The van der Waals surface area contributed by atoms with Gasteiger partial charge in [0.05, 0.1) is 18.8 Å². The van der Waals surface area contributed by atoms with E-state index in [9.17, 15) is 14.7 Å². The lowest BCUT2D eigenvalue weighted by molar-refractivity contribution is -0.0466. The molecule has 0 saturated carbocycles. The number of nitrogens with zero attached hydrogens (tertiary/aromatic N) is 3. The summed E-state index contributed by atoms with van der Waals surface area (Å²) in [5, 5.41) is 27.8. The summed E-state index contributed by atoms with van der Waals surface area (Å²) in [7, 11) is 1.41. The highest BCUT2D eigenvalue weighted by Crippen LogP contribution is 2.36. The van der Waals surface area contributed by atoms with Crippen LogP contribution in [0.15, 0.2) is 42.7 Å². The van der Waals surface area contributed by atoms with Gasteiger partial charge in [0.2, 0.25) is 5.82 Å². The van der Waals surface area contributed by atoms with E-state index in [2.05, 4.69) is 19.6 Å². The highest BCUT2D eigenvalue weighted by molar-refractivity contribution is 5.88. The first kappa shape index (κ1) is 19.3. The normalized spacial score (nSPS) is 10.2. The van der Waals surface area contributed by atoms with E-state index in [1.165, 1.54) is 37.7 Å². The zero-order chi connectivity index (χ0) is 21.0. The van der Waals surface area contributed by atoms with Gasteiger partial charge in [-0.3, -0.25) is 14.7 Å². The van der Waals surface area contributed by atoms with E-state index in [1.54, 1.807) is 12.1 Å². The molecule has 0 amide bonds. The third-order valence-electron chi connectivity index (χ3n) is 3.46. The molecule has 150 valence electrons. The van der Waals surface area contributed by atoms with E-state index in [4.69, 9.17) is 19.7 Å². The summed E-state index contributed by atoms with van der Waals surface area (Å²) >= 11 is 0. The van der Waals surface area contributed by atoms with E-state index in [-0.39, 0.29) is 28.3 Å². The van der Waals surface area contributed by atoms with Crippen molar-refractivity contribution in [3.8, 4) is 23.0 Å². The zero-order valence-electron chi connectivity index (χ0n) is 14.7. The third kappa shape index (κ3) is 4.44. The summed E-state index contributed by atoms with van der Waals surface area (Å²) in [6.45, 7) is 0. The van der Waals surface area contributed by atoms with Gasteiger partial charge in [-0.05, 0) is 29.5 Å². The Kier molecular flexibility index (Phi) is 5.35. The quantitative estimate of drug-likeness (QED) is 0.516. The van der Waals surface area contributed by atoms with Gasteiger partial charge in [0, 0.05) is 17.6 Å². The molecule has 0 spiro atoms. The molecule has 0 aliphatic rings. The zero-order valence-corrected chi connectivity index (χ0v) is 14.7. The van der Waals surface area contributed by atoms with Gasteiger partial charge in [0.25, 0.3) is 0 Å². The van der Waals surface area contributed by atoms with Crippen LogP contribution in [-0.2, 0) is 9.68 Å². The van der Waals surface area contributed by atoms with Crippen LogP contribution in [0, 0.1) is 0 Å². The summed E-state index contributed by atoms with van der Waals surface area (Å²) in [6.07, 6.45) is -0.917. The number of hydrogen-bond acceptors (Lipinski definition) is 10. The van der Waals surface area contributed by atoms with Crippen molar-refractivity contribution in [3.63, 3.8) is 0 Å². The summed E-state index contributed by atoms with van der Waals surface area (Å²) in [5.41, 5.74) is 0.460. The molecule has 0 atom stereocenters. The lowest BCUT2D eigenvalue weighted by Gasteiger charge is -2.16. The van der Waals surface area contributed by atoms with Gasteiger partial charge in [-0.25, -0.2) is 14.6 Å². The second-order valence-electron chi connectivity index (χ2n) is 5.28. The maximum absolute atomic E-state index is 10.7. The van der Waals surface area contributed by atoms with E-state index in [1.807, 2.05) is 0 Å². The van der Waals surface area contributed by atoms with Crippen LogP contribution in [0.5, 0.6) is 23.0 Å². The number of carboxylic acid groups (broad SMARTS) is 2. The third-order valence-corrected chi connectivity index (χ3v) is 3.46. The van der Waals surface area contributed by atoms with Gasteiger partial charge in [-0.2, -0.15) is 0 Å². The Bertz CT molecular complexity index is 1040. The Labute approximate surface area is 162 Å². The number of phenols is 1. The van der Waals surface area contributed by atoms with Crippen LogP contribution in [0.2, 0.25) is 0 Å². The van der Waals surface area contributed by atoms with Crippen molar-refractivity contribution in [2.24, 2.45) is 0 Å². The van der Waals surface area contributed by atoms with Crippen molar-refractivity contribution in [2.75, 3.05) is 12.3 Å². The molecule has 0 fully saturated rings. The van der Waals surface area contributed by atoms with E-state index in [0.717, 1.165) is 0 Å². The van der Waals surface area contributed by atoms with Gasteiger partial charge >= 0.3 is 12.3 Å². The fourth-order valence-corrected chi connectivity index (χ4v) is 2.31. The average Bonchev–Trinajstić information content (AvgIpc) is 2.67. The standard InChI is InChI=1S/C17H13N3O9/c1-26-14-6-10-11(7-12(14)21)18-5-4-13(10)27-9-2-3-15(19-8-9)20(28-16(22)23)29-17(24)25/h2-8,21H,1H3,(H,22,23)(H,24,25). The SMILES string of the molecule is COc1cc2c(Oc3ccc(N(OC(=O)O)OC(=O)O)nc3)ccnc2cc1O. The Morgan fingerprint density at radius 1 is 1.00 bits per heavy atom. The van der Waals surface area contributed by atoms with E-state index in [0.29, 0.717) is 16.7 Å². The number of methoxy groups -OCH3 is 1. The topological polar surface area (TPSA) is 161 Å². The maximum Gasteiger partial charge on any atom is 0.533 e. The number of fused-ring (bicyclic) bond motifs is 1. The first-order valence-electron chi connectivity index (χ1n) is 7.79. The lowest BCUT2D eigenvalue weighted by Crippen LogP contribution is -2.29. The van der Waals surface area contributed by atoms with Gasteiger partial charge < -0.3 is 24.8 Å². The number of pyridine rings is 2. The van der Waals surface area contributed by atoms with E-state index >= 15 is 0 Å². The van der Waals surface area contributed by atoms with Crippen molar-refractivity contribution in [1.29, 1.82) is 0 Å². The molecule has 0 saturated heterocycles. The van der Waals surface area contributed by atoms with Crippen LogP contribution in [0.1, 0.15) is 0 Å². The number of ether oxygens (including phenoxy) is 2. The molecular weight excluding hydrogens is 390 g/mol. The largest absolute Gasteiger partial charge is 0.533 e. The molecule has 0 radical (unpaired) electrons. The molecule has 12 heteroatoms. The van der Waals surface area contributed by atoms with Crippen LogP contribution in [-0.4, -0.2) is 44.7 Å². The van der Waals surface area contributed by atoms with Crippen molar-refractivity contribution in [2.45, 2.75) is 0 Å². The Morgan fingerprint density at radius 2 is 1.72 bits per heavy atom. The van der Waals surface area contributed by atoms with Crippen molar-refractivity contribution in [3.05, 3.63) is 42.7 Å². The van der Waals surface area contributed by atoms with Crippen molar-refractivity contribution >= 4 is 29.0 Å². The van der Waals surface area contributed by atoms with Gasteiger partial charge in [0.15, 0.2) is 11.5 Å².